The normalized spacial score (nSPS) is 10.5. The van der Waals surface area contributed by atoms with Gasteiger partial charge in [0.15, 0.2) is 0 Å². The fourth-order valence-corrected chi connectivity index (χ4v) is 1.73. The molecule has 0 aliphatic rings. The second-order valence-electron chi connectivity index (χ2n) is 3.28. The summed E-state index contributed by atoms with van der Waals surface area (Å²) in [4.78, 5) is 14.6. The number of hydrogen-bond donors (Lipinski definition) is 2. The van der Waals surface area contributed by atoms with Crippen molar-refractivity contribution in [2.75, 3.05) is 7.11 Å². The first-order valence-corrected chi connectivity index (χ1v) is 4.74. The molecule has 1 aromatic heterocycles. The molecule has 0 atom stereocenters. The molecule has 0 saturated heterocycles. The third-order valence-electron chi connectivity index (χ3n) is 2.46. The van der Waals surface area contributed by atoms with Crippen molar-refractivity contribution in [2.24, 2.45) is 0 Å². The second kappa shape index (κ2) is 3.74. The van der Waals surface area contributed by atoms with Crippen molar-refractivity contribution in [1.82, 2.24) is 4.98 Å². The quantitative estimate of drug-likeness (QED) is 0.708. The Bertz CT molecular complexity index is 502. The van der Waals surface area contributed by atoms with E-state index in [1.807, 2.05) is 18.3 Å². The number of rotatable bonds is 2. The van der Waals surface area contributed by atoms with E-state index >= 15 is 0 Å². The van der Waals surface area contributed by atoms with Crippen molar-refractivity contribution in [2.45, 2.75) is 6.54 Å². The maximum atomic E-state index is 11.5. The van der Waals surface area contributed by atoms with Gasteiger partial charge in [-0.1, -0.05) is 6.07 Å². The summed E-state index contributed by atoms with van der Waals surface area (Å²) in [6, 6.07) is 5.53. The van der Waals surface area contributed by atoms with Crippen LogP contribution in [0.1, 0.15) is 15.9 Å². The number of fused-ring (bicyclic) bond motifs is 1. The second-order valence-corrected chi connectivity index (χ2v) is 3.28. The number of quaternary nitrogens is 1. The van der Waals surface area contributed by atoms with E-state index in [2.05, 4.69) is 10.7 Å². The van der Waals surface area contributed by atoms with Crippen LogP contribution in [-0.2, 0) is 11.3 Å². The average molecular weight is 205 g/mol. The first-order valence-electron chi connectivity index (χ1n) is 4.74. The summed E-state index contributed by atoms with van der Waals surface area (Å²) in [6.07, 6.45) is 1.88. The molecule has 2 aromatic rings. The van der Waals surface area contributed by atoms with Crippen molar-refractivity contribution in [3.63, 3.8) is 0 Å². The first-order chi connectivity index (χ1) is 7.27. The summed E-state index contributed by atoms with van der Waals surface area (Å²) >= 11 is 0. The van der Waals surface area contributed by atoms with Gasteiger partial charge in [-0.25, -0.2) is 4.79 Å². The predicted octanol–water partition coefficient (Wildman–Crippen LogP) is 0.696. The van der Waals surface area contributed by atoms with E-state index in [1.165, 1.54) is 7.11 Å². The zero-order valence-corrected chi connectivity index (χ0v) is 8.54. The molecule has 0 unspecified atom stereocenters. The van der Waals surface area contributed by atoms with Crippen LogP contribution < -0.4 is 5.73 Å². The highest BCUT2D eigenvalue weighted by Gasteiger charge is 2.14. The van der Waals surface area contributed by atoms with Gasteiger partial charge in [-0.05, 0) is 12.1 Å². The van der Waals surface area contributed by atoms with Gasteiger partial charge in [0.05, 0.1) is 12.7 Å². The van der Waals surface area contributed by atoms with Crippen molar-refractivity contribution in [3.8, 4) is 0 Å². The van der Waals surface area contributed by atoms with Crippen LogP contribution in [0.25, 0.3) is 10.9 Å². The number of hydrogen-bond acceptors (Lipinski definition) is 2. The first kappa shape index (κ1) is 9.73. The van der Waals surface area contributed by atoms with Crippen molar-refractivity contribution in [1.29, 1.82) is 0 Å². The van der Waals surface area contributed by atoms with Crippen molar-refractivity contribution >= 4 is 16.9 Å². The van der Waals surface area contributed by atoms with E-state index in [0.717, 1.165) is 16.5 Å². The highest BCUT2D eigenvalue weighted by molar-refractivity contribution is 6.05. The molecule has 0 saturated carbocycles. The van der Waals surface area contributed by atoms with Gasteiger partial charge in [-0.2, -0.15) is 0 Å². The molecule has 78 valence electrons. The molecule has 0 aliphatic carbocycles. The third kappa shape index (κ3) is 1.49. The number of carbonyl (C=O) groups excluding carboxylic acids is 1. The summed E-state index contributed by atoms with van der Waals surface area (Å²) in [5.41, 5.74) is 6.40. The molecule has 15 heavy (non-hydrogen) atoms. The third-order valence-corrected chi connectivity index (χ3v) is 2.46. The van der Waals surface area contributed by atoms with Gasteiger partial charge in [-0.15, -0.1) is 0 Å². The van der Waals surface area contributed by atoms with Gasteiger partial charge < -0.3 is 15.5 Å². The maximum Gasteiger partial charge on any atom is 0.338 e. The predicted molar refractivity (Wildman–Crippen MR) is 56.2 cm³/mol. The van der Waals surface area contributed by atoms with Gasteiger partial charge in [-0.3, -0.25) is 0 Å². The number of ether oxygens (including phenoxy) is 1. The molecule has 0 radical (unpaired) electrons. The summed E-state index contributed by atoms with van der Waals surface area (Å²) in [7, 11) is 1.39. The molecular weight excluding hydrogens is 192 g/mol. The van der Waals surface area contributed by atoms with Crippen LogP contribution in [0, 0.1) is 0 Å². The SMILES string of the molecule is COC(=O)c1cccc2[nH]cc(C[NH3+])c12. The minimum Gasteiger partial charge on any atom is -0.465 e. The molecular formula is C11H13N2O2+. The Kier molecular flexibility index (Phi) is 2.43. The Balaban J connectivity index is 2.72. The largest absolute Gasteiger partial charge is 0.465 e. The highest BCUT2D eigenvalue weighted by atomic mass is 16.5. The van der Waals surface area contributed by atoms with E-state index in [1.54, 1.807) is 6.07 Å². The minimum absolute atomic E-state index is 0.310. The summed E-state index contributed by atoms with van der Waals surface area (Å²) in [6.45, 7) is 0.647. The Hall–Kier alpha value is -1.81. The molecule has 2 rings (SSSR count). The minimum atomic E-state index is -0.310. The van der Waals surface area contributed by atoms with Crippen molar-refractivity contribution in [3.05, 3.63) is 35.5 Å². The lowest BCUT2D eigenvalue weighted by atomic mass is 10.1. The van der Waals surface area contributed by atoms with Crippen LogP contribution in [0.2, 0.25) is 0 Å². The smallest absolute Gasteiger partial charge is 0.338 e. The Morgan fingerprint density at radius 2 is 2.33 bits per heavy atom. The van der Waals surface area contributed by atoms with Gasteiger partial charge in [0, 0.05) is 22.7 Å². The molecule has 4 nitrogen and oxygen atoms in total. The van der Waals surface area contributed by atoms with E-state index in [0.29, 0.717) is 12.1 Å². The summed E-state index contributed by atoms with van der Waals surface area (Å²) < 4.78 is 4.74. The number of carbonyl (C=O) groups is 1. The van der Waals surface area contributed by atoms with E-state index in [9.17, 15) is 4.79 Å². The molecule has 1 aromatic carbocycles. The van der Waals surface area contributed by atoms with E-state index < -0.39 is 0 Å². The lowest BCUT2D eigenvalue weighted by Gasteiger charge is -2.02. The van der Waals surface area contributed by atoms with Crippen LogP contribution in [0.5, 0.6) is 0 Å². The van der Waals surface area contributed by atoms with Gasteiger partial charge in [0.25, 0.3) is 0 Å². The van der Waals surface area contributed by atoms with Crippen LogP contribution in [0.15, 0.2) is 24.4 Å². The van der Waals surface area contributed by atoms with Crippen LogP contribution in [0.3, 0.4) is 0 Å². The van der Waals surface area contributed by atoms with E-state index in [4.69, 9.17) is 4.74 Å². The van der Waals surface area contributed by atoms with E-state index in [-0.39, 0.29) is 5.97 Å². The standard InChI is InChI=1S/C11H12N2O2/c1-15-11(14)8-3-2-4-9-10(8)7(5-12)6-13-9/h2-4,6,13H,5,12H2,1H3/p+1. The fraction of sp³-hybridized carbons (Fsp3) is 0.182. The molecule has 1 heterocycles. The topological polar surface area (TPSA) is 69.7 Å². The molecule has 4 heteroatoms. The summed E-state index contributed by atoms with van der Waals surface area (Å²) in [5.74, 6) is -0.310. The van der Waals surface area contributed by atoms with Crippen molar-refractivity contribution < 1.29 is 15.3 Å². The number of aromatic amines is 1. The molecule has 4 N–H and O–H groups in total. The Labute approximate surface area is 87.0 Å². The molecule has 0 fully saturated rings. The van der Waals surface area contributed by atoms with Gasteiger partial charge in [0.1, 0.15) is 6.54 Å². The summed E-state index contributed by atoms with van der Waals surface area (Å²) in [5, 5.41) is 0.916. The zero-order chi connectivity index (χ0) is 10.8. The van der Waals surface area contributed by atoms with Gasteiger partial charge in [0.2, 0.25) is 0 Å². The van der Waals surface area contributed by atoms with Crippen LogP contribution >= 0.6 is 0 Å². The van der Waals surface area contributed by atoms with Crippen LogP contribution in [0.4, 0.5) is 0 Å². The molecule has 0 bridgehead atoms. The molecule has 0 spiro atoms. The number of esters is 1. The number of H-pyrrole nitrogens is 1. The van der Waals surface area contributed by atoms with Crippen LogP contribution in [-0.4, -0.2) is 18.1 Å². The van der Waals surface area contributed by atoms with Gasteiger partial charge >= 0.3 is 5.97 Å². The molecule has 0 aliphatic heterocycles. The lowest BCUT2D eigenvalue weighted by molar-refractivity contribution is -0.386. The lowest BCUT2D eigenvalue weighted by Crippen LogP contribution is -2.47. The number of benzene rings is 1. The highest BCUT2D eigenvalue weighted by Crippen LogP contribution is 2.22. The average Bonchev–Trinajstić information content (AvgIpc) is 2.70. The fourth-order valence-electron chi connectivity index (χ4n) is 1.73. The number of methoxy groups -OCH3 is 1. The number of nitrogens with one attached hydrogen (secondary N) is 1. The zero-order valence-electron chi connectivity index (χ0n) is 8.54. The molecule has 0 amide bonds. The Morgan fingerprint density at radius 3 is 3.00 bits per heavy atom. The number of aromatic nitrogens is 1. The Morgan fingerprint density at radius 1 is 1.53 bits per heavy atom. The maximum absolute atomic E-state index is 11.5. The monoisotopic (exact) mass is 205 g/mol.